The molecule has 1 aliphatic rings. The van der Waals surface area contributed by atoms with Crippen molar-refractivity contribution >= 4 is 17.5 Å². The zero-order valence-electron chi connectivity index (χ0n) is 11.5. The van der Waals surface area contributed by atoms with Crippen LogP contribution in [0.1, 0.15) is 28.3 Å². The van der Waals surface area contributed by atoms with Gasteiger partial charge in [-0.15, -0.1) is 0 Å². The van der Waals surface area contributed by atoms with Gasteiger partial charge in [0.2, 0.25) is 0 Å². The lowest BCUT2D eigenvalue weighted by molar-refractivity contribution is 0.0950. The zero-order chi connectivity index (χ0) is 15.0. The maximum atomic E-state index is 12.1. The van der Waals surface area contributed by atoms with Crippen LogP contribution in [0.25, 0.3) is 0 Å². The molecule has 0 unspecified atom stereocenters. The van der Waals surface area contributed by atoms with Crippen molar-refractivity contribution in [1.82, 2.24) is 9.88 Å². The second-order valence-corrected chi connectivity index (χ2v) is 5.78. The molecule has 1 aromatic carbocycles. The van der Waals surface area contributed by atoms with Crippen molar-refractivity contribution in [2.75, 3.05) is 0 Å². The van der Waals surface area contributed by atoms with E-state index in [1.807, 2.05) is 24.3 Å². The molecular formula is C16H15ClN2O2. The van der Waals surface area contributed by atoms with Crippen molar-refractivity contribution in [3.8, 4) is 0 Å². The van der Waals surface area contributed by atoms with E-state index in [0.29, 0.717) is 16.5 Å². The van der Waals surface area contributed by atoms with Gasteiger partial charge < -0.3 is 9.88 Å². The summed E-state index contributed by atoms with van der Waals surface area (Å²) in [6.07, 6.45) is 2.50. The molecule has 2 atom stereocenters. The van der Waals surface area contributed by atoms with Gasteiger partial charge in [-0.25, -0.2) is 0 Å². The molecule has 1 aliphatic carbocycles. The lowest BCUT2D eigenvalue weighted by Gasteiger charge is -2.06. The van der Waals surface area contributed by atoms with E-state index in [-0.39, 0.29) is 17.5 Å². The molecule has 0 saturated heterocycles. The van der Waals surface area contributed by atoms with Crippen molar-refractivity contribution in [3.05, 3.63) is 69.1 Å². The van der Waals surface area contributed by atoms with Crippen LogP contribution in [-0.2, 0) is 7.05 Å². The first-order valence-electron chi connectivity index (χ1n) is 6.77. The summed E-state index contributed by atoms with van der Waals surface area (Å²) in [4.78, 5) is 23.7. The van der Waals surface area contributed by atoms with Crippen molar-refractivity contribution in [1.29, 1.82) is 0 Å². The first kappa shape index (κ1) is 13.9. The molecule has 1 aromatic heterocycles. The number of aromatic nitrogens is 1. The lowest BCUT2D eigenvalue weighted by Crippen LogP contribution is -2.28. The maximum absolute atomic E-state index is 12.1. The average molecular weight is 303 g/mol. The summed E-state index contributed by atoms with van der Waals surface area (Å²) in [6, 6.07) is 10.8. The van der Waals surface area contributed by atoms with Gasteiger partial charge in [-0.2, -0.15) is 0 Å². The van der Waals surface area contributed by atoms with E-state index >= 15 is 0 Å². The highest BCUT2D eigenvalue weighted by atomic mass is 35.5. The molecule has 0 radical (unpaired) electrons. The van der Waals surface area contributed by atoms with E-state index in [2.05, 4.69) is 5.32 Å². The van der Waals surface area contributed by atoms with Crippen LogP contribution in [0.4, 0.5) is 0 Å². The fraction of sp³-hybridized carbons (Fsp3) is 0.250. The molecule has 5 heteroatoms. The number of rotatable bonds is 3. The van der Waals surface area contributed by atoms with Crippen molar-refractivity contribution < 1.29 is 4.79 Å². The van der Waals surface area contributed by atoms with E-state index in [4.69, 9.17) is 11.6 Å². The highest BCUT2D eigenvalue weighted by molar-refractivity contribution is 6.30. The first-order valence-corrected chi connectivity index (χ1v) is 7.15. The van der Waals surface area contributed by atoms with Gasteiger partial charge in [-0.3, -0.25) is 9.59 Å². The minimum Gasteiger partial charge on any atom is -0.349 e. The summed E-state index contributed by atoms with van der Waals surface area (Å²) in [5.41, 5.74) is 1.34. The fourth-order valence-electron chi connectivity index (χ4n) is 2.40. The number of hydrogen-bond donors (Lipinski definition) is 1. The Labute approximate surface area is 127 Å². The molecule has 3 rings (SSSR count). The summed E-state index contributed by atoms with van der Waals surface area (Å²) in [6.45, 7) is 0. The van der Waals surface area contributed by atoms with Crippen LogP contribution in [0, 0.1) is 0 Å². The molecule has 108 valence electrons. The predicted octanol–water partition coefficient (Wildman–Crippen LogP) is 2.32. The Morgan fingerprint density at radius 3 is 2.86 bits per heavy atom. The topological polar surface area (TPSA) is 51.1 Å². The van der Waals surface area contributed by atoms with Gasteiger partial charge in [0.05, 0.1) is 0 Å². The van der Waals surface area contributed by atoms with Crippen LogP contribution in [0.15, 0.2) is 47.4 Å². The summed E-state index contributed by atoms with van der Waals surface area (Å²) in [7, 11) is 1.65. The third-order valence-corrected chi connectivity index (χ3v) is 3.99. The monoisotopic (exact) mass is 302 g/mol. The average Bonchev–Trinajstić information content (AvgIpc) is 3.21. The van der Waals surface area contributed by atoms with Crippen LogP contribution in [-0.4, -0.2) is 16.5 Å². The minimum atomic E-state index is -0.206. The SMILES string of the molecule is Cn1ccc(C(=O)N[C@H]2C[C@@H]2c2cccc(Cl)c2)cc1=O. The smallest absolute Gasteiger partial charge is 0.251 e. The highest BCUT2D eigenvalue weighted by Gasteiger charge is 2.39. The Morgan fingerprint density at radius 2 is 2.14 bits per heavy atom. The number of amides is 1. The van der Waals surface area contributed by atoms with Crippen molar-refractivity contribution in [2.45, 2.75) is 18.4 Å². The maximum Gasteiger partial charge on any atom is 0.251 e. The third kappa shape index (κ3) is 3.00. The van der Waals surface area contributed by atoms with Gasteiger partial charge in [0, 0.05) is 41.9 Å². The predicted molar refractivity (Wildman–Crippen MR) is 81.7 cm³/mol. The number of aryl methyl sites for hydroxylation is 1. The fourth-order valence-corrected chi connectivity index (χ4v) is 2.60. The van der Waals surface area contributed by atoms with E-state index in [9.17, 15) is 9.59 Å². The van der Waals surface area contributed by atoms with Crippen LogP contribution < -0.4 is 10.9 Å². The lowest BCUT2D eigenvalue weighted by atomic mass is 10.1. The number of carbonyl (C=O) groups excluding carboxylic acids is 1. The molecular weight excluding hydrogens is 288 g/mol. The van der Waals surface area contributed by atoms with Gasteiger partial charge in [0.25, 0.3) is 11.5 Å². The summed E-state index contributed by atoms with van der Waals surface area (Å²) < 4.78 is 1.43. The Morgan fingerprint density at radius 1 is 1.33 bits per heavy atom. The molecule has 1 amide bonds. The molecule has 0 spiro atoms. The molecule has 1 N–H and O–H groups in total. The molecule has 21 heavy (non-hydrogen) atoms. The van der Waals surface area contributed by atoms with Crippen molar-refractivity contribution in [2.24, 2.45) is 7.05 Å². The number of hydrogen-bond acceptors (Lipinski definition) is 2. The van der Waals surface area contributed by atoms with Gasteiger partial charge in [0.1, 0.15) is 0 Å². The second-order valence-electron chi connectivity index (χ2n) is 5.34. The molecule has 1 heterocycles. The number of nitrogens with zero attached hydrogens (tertiary/aromatic N) is 1. The van der Waals surface area contributed by atoms with E-state index in [0.717, 1.165) is 12.0 Å². The van der Waals surface area contributed by atoms with Crippen molar-refractivity contribution in [3.63, 3.8) is 0 Å². The van der Waals surface area contributed by atoms with Crippen LogP contribution in [0.2, 0.25) is 5.02 Å². The molecule has 2 aromatic rings. The number of nitrogens with one attached hydrogen (secondary N) is 1. The summed E-state index contributed by atoms with van der Waals surface area (Å²) in [5.74, 6) is 0.0985. The summed E-state index contributed by atoms with van der Waals surface area (Å²) >= 11 is 5.97. The Hall–Kier alpha value is -2.07. The summed E-state index contributed by atoms with van der Waals surface area (Å²) in [5, 5.41) is 3.66. The van der Waals surface area contributed by atoms with E-state index in [1.54, 1.807) is 19.3 Å². The van der Waals surface area contributed by atoms with Gasteiger partial charge >= 0.3 is 0 Å². The molecule has 1 fully saturated rings. The van der Waals surface area contributed by atoms with E-state index in [1.165, 1.54) is 10.6 Å². The zero-order valence-corrected chi connectivity index (χ0v) is 12.3. The number of carbonyl (C=O) groups is 1. The van der Waals surface area contributed by atoms with Crippen LogP contribution >= 0.6 is 11.6 Å². The normalized spacial score (nSPS) is 20.1. The first-order chi connectivity index (χ1) is 10.0. The quantitative estimate of drug-likeness (QED) is 0.946. The second kappa shape index (κ2) is 5.37. The molecule has 4 nitrogen and oxygen atoms in total. The van der Waals surface area contributed by atoms with Gasteiger partial charge in [-0.1, -0.05) is 23.7 Å². The van der Waals surface area contributed by atoms with Gasteiger partial charge in [0.15, 0.2) is 0 Å². The van der Waals surface area contributed by atoms with Crippen LogP contribution in [0.3, 0.4) is 0 Å². The number of pyridine rings is 1. The number of benzene rings is 1. The van der Waals surface area contributed by atoms with Crippen LogP contribution in [0.5, 0.6) is 0 Å². The Kier molecular flexibility index (Phi) is 3.55. The Bertz CT molecular complexity index is 754. The number of halogens is 1. The molecule has 0 bridgehead atoms. The highest BCUT2D eigenvalue weighted by Crippen LogP contribution is 2.41. The van der Waals surface area contributed by atoms with Gasteiger partial charge in [-0.05, 0) is 30.2 Å². The largest absolute Gasteiger partial charge is 0.349 e. The molecule has 1 saturated carbocycles. The Balaban J connectivity index is 1.67. The minimum absolute atomic E-state index is 0.111. The standard InChI is InChI=1S/C16H15ClN2O2/c1-19-6-5-11(8-15(19)20)16(21)18-14-9-13(14)10-3-2-4-12(17)7-10/h2-8,13-14H,9H2,1H3,(H,18,21)/t13-,14+/m1/s1. The molecule has 0 aliphatic heterocycles. The van der Waals surface area contributed by atoms with E-state index < -0.39 is 0 Å². The third-order valence-electron chi connectivity index (χ3n) is 3.75.